The van der Waals surface area contributed by atoms with E-state index in [0.717, 1.165) is 51.4 Å². The molecule has 0 aliphatic carbocycles. The lowest BCUT2D eigenvalue weighted by Crippen LogP contribution is -2.35. The van der Waals surface area contributed by atoms with E-state index in [9.17, 15) is 14.4 Å². The summed E-state index contributed by atoms with van der Waals surface area (Å²) in [6, 6.07) is 0.0801. The summed E-state index contributed by atoms with van der Waals surface area (Å²) in [5.74, 6) is 0.0688. The van der Waals surface area contributed by atoms with Crippen LogP contribution in [0.4, 0.5) is 4.79 Å². The molecule has 1 fully saturated rings. The maximum atomic E-state index is 11.9. The second-order valence-corrected chi connectivity index (χ2v) is 6.70. The number of hydrogen-bond donors (Lipinski definition) is 0. The van der Waals surface area contributed by atoms with Gasteiger partial charge in [0.05, 0.1) is 13.2 Å². The van der Waals surface area contributed by atoms with E-state index >= 15 is 0 Å². The molecular weight excluding hydrogens is 322 g/mol. The molecule has 0 spiro atoms. The maximum Gasteiger partial charge on any atom is 0.410 e. The number of carbonyl (C=O) groups excluding carboxylic acids is 3. The average Bonchev–Trinajstić information content (AvgIpc) is 2.96. The van der Waals surface area contributed by atoms with E-state index in [4.69, 9.17) is 4.74 Å². The zero-order valence-corrected chi connectivity index (χ0v) is 15.8. The number of unbranched alkanes of at least 4 members (excludes halogenated alkanes) is 5. The van der Waals surface area contributed by atoms with Crippen molar-refractivity contribution >= 4 is 17.8 Å². The predicted octanol–water partition coefficient (Wildman–Crippen LogP) is 3.86. The van der Waals surface area contributed by atoms with Crippen LogP contribution >= 0.6 is 0 Å². The molecule has 1 amide bonds. The van der Waals surface area contributed by atoms with E-state index in [1.54, 1.807) is 4.90 Å². The van der Waals surface area contributed by atoms with Crippen LogP contribution in [0.15, 0.2) is 0 Å². The number of nitrogens with zero attached hydrogens (tertiary/aromatic N) is 1. The van der Waals surface area contributed by atoms with Gasteiger partial charge in [-0.25, -0.2) is 4.79 Å². The zero-order valence-electron chi connectivity index (χ0n) is 15.8. The first-order chi connectivity index (χ1) is 12.1. The fourth-order valence-corrected chi connectivity index (χ4v) is 3.05. The highest BCUT2D eigenvalue weighted by atomic mass is 16.6. The molecule has 0 aromatic rings. The quantitative estimate of drug-likeness (QED) is 0.349. The minimum Gasteiger partial charge on any atom is -0.469 e. The van der Waals surface area contributed by atoms with Crippen molar-refractivity contribution in [1.82, 2.24) is 4.90 Å². The monoisotopic (exact) mass is 355 g/mol. The van der Waals surface area contributed by atoms with Gasteiger partial charge in [0.2, 0.25) is 0 Å². The lowest BCUT2D eigenvalue weighted by atomic mass is 10.1. The number of rotatable bonds is 14. The summed E-state index contributed by atoms with van der Waals surface area (Å²) < 4.78 is 9.76. The van der Waals surface area contributed by atoms with Crippen LogP contribution in [0.5, 0.6) is 0 Å². The number of cyclic esters (lactones) is 1. The highest BCUT2D eigenvalue weighted by Gasteiger charge is 2.32. The van der Waals surface area contributed by atoms with E-state index in [1.807, 2.05) is 0 Å². The van der Waals surface area contributed by atoms with E-state index < -0.39 is 0 Å². The van der Waals surface area contributed by atoms with Gasteiger partial charge < -0.3 is 14.4 Å². The van der Waals surface area contributed by atoms with Crippen molar-refractivity contribution in [2.24, 2.45) is 0 Å². The van der Waals surface area contributed by atoms with Gasteiger partial charge in [-0.3, -0.25) is 9.59 Å². The maximum absolute atomic E-state index is 11.9. The van der Waals surface area contributed by atoms with Gasteiger partial charge in [-0.1, -0.05) is 39.0 Å². The van der Waals surface area contributed by atoms with Crippen molar-refractivity contribution < 1.29 is 23.9 Å². The Morgan fingerprint density at radius 1 is 1.08 bits per heavy atom. The number of amides is 1. The first-order valence-corrected chi connectivity index (χ1v) is 9.60. The van der Waals surface area contributed by atoms with Gasteiger partial charge in [-0.05, 0) is 19.3 Å². The summed E-state index contributed by atoms with van der Waals surface area (Å²) in [5, 5.41) is 0. The van der Waals surface area contributed by atoms with Gasteiger partial charge in [0.25, 0.3) is 0 Å². The van der Waals surface area contributed by atoms with Gasteiger partial charge >= 0.3 is 12.1 Å². The van der Waals surface area contributed by atoms with Gasteiger partial charge in [0.1, 0.15) is 12.4 Å². The Kier molecular flexibility index (Phi) is 10.9. The van der Waals surface area contributed by atoms with Crippen molar-refractivity contribution in [2.45, 2.75) is 83.6 Å². The van der Waals surface area contributed by atoms with Crippen molar-refractivity contribution in [3.05, 3.63) is 0 Å². The second kappa shape index (κ2) is 12.7. The SMILES string of the molecule is CCCCCC(=O)CCN1C(=O)OCC1CCCCCCC(=O)OC. The molecule has 1 heterocycles. The van der Waals surface area contributed by atoms with Crippen LogP contribution in [0.25, 0.3) is 0 Å². The van der Waals surface area contributed by atoms with Gasteiger partial charge in [0, 0.05) is 25.8 Å². The van der Waals surface area contributed by atoms with Gasteiger partial charge in [-0.15, -0.1) is 0 Å². The smallest absolute Gasteiger partial charge is 0.410 e. The zero-order chi connectivity index (χ0) is 18.5. The largest absolute Gasteiger partial charge is 0.469 e. The van der Waals surface area contributed by atoms with Crippen molar-refractivity contribution in [2.75, 3.05) is 20.3 Å². The van der Waals surface area contributed by atoms with Crippen LogP contribution in [0, 0.1) is 0 Å². The molecule has 25 heavy (non-hydrogen) atoms. The highest BCUT2D eigenvalue weighted by Crippen LogP contribution is 2.19. The second-order valence-electron chi connectivity index (χ2n) is 6.70. The Morgan fingerprint density at radius 2 is 1.80 bits per heavy atom. The highest BCUT2D eigenvalue weighted by molar-refractivity contribution is 5.79. The molecule has 1 rings (SSSR count). The summed E-state index contributed by atoms with van der Waals surface area (Å²) in [6.45, 7) is 3.01. The van der Waals surface area contributed by atoms with Gasteiger partial charge in [0.15, 0.2) is 0 Å². The number of hydrogen-bond acceptors (Lipinski definition) is 5. The van der Waals surface area contributed by atoms with Crippen molar-refractivity contribution in [3.63, 3.8) is 0 Å². The van der Waals surface area contributed by atoms with Gasteiger partial charge in [-0.2, -0.15) is 0 Å². The van der Waals surface area contributed by atoms with Crippen LogP contribution in [-0.2, 0) is 19.1 Å². The molecule has 144 valence electrons. The lowest BCUT2D eigenvalue weighted by molar-refractivity contribution is -0.140. The first kappa shape index (κ1) is 21.5. The summed E-state index contributed by atoms with van der Waals surface area (Å²) in [5.41, 5.74) is 0. The summed E-state index contributed by atoms with van der Waals surface area (Å²) in [4.78, 5) is 36.5. The van der Waals surface area contributed by atoms with Crippen molar-refractivity contribution in [1.29, 1.82) is 0 Å². The third-order valence-corrected chi connectivity index (χ3v) is 4.66. The Labute approximate surface area is 151 Å². The Hall–Kier alpha value is -1.59. The molecule has 0 N–H and O–H groups in total. The van der Waals surface area contributed by atoms with Crippen LogP contribution in [-0.4, -0.2) is 49.0 Å². The Bertz CT molecular complexity index is 424. The van der Waals surface area contributed by atoms with E-state index in [-0.39, 0.29) is 23.9 Å². The number of methoxy groups -OCH3 is 1. The minimum absolute atomic E-state index is 0.0801. The summed E-state index contributed by atoms with van der Waals surface area (Å²) in [6.07, 6.45) is 9.04. The summed E-state index contributed by atoms with van der Waals surface area (Å²) in [7, 11) is 1.41. The minimum atomic E-state index is -0.294. The summed E-state index contributed by atoms with van der Waals surface area (Å²) >= 11 is 0. The van der Waals surface area contributed by atoms with Crippen molar-refractivity contribution in [3.8, 4) is 0 Å². The first-order valence-electron chi connectivity index (χ1n) is 9.60. The third-order valence-electron chi connectivity index (χ3n) is 4.66. The number of esters is 1. The molecule has 6 heteroatoms. The molecule has 0 radical (unpaired) electrons. The van der Waals surface area contributed by atoms with E-state index in [0.29, 0.717) is 32.4 Å². The fraction of sp³-hybridized carbons (Fsp3) is 0.842. The molecule has 0 aromatic heterocycles. The molecule has 0 bridgehead atoms. The normalized spacial score (nSPS) is 16.8. The average molecular weight is 355 g/mol. The lowest BCUT2D eigenvalue weighted by Gasteiger charge is -2.21. The van der Waals surface area contributed by atoms with E-state index in [2.05, 4.69) is 11.7 Å². The third kappa shape index (κ3) is 8.89. The number of ketones is 1. The molecule has 6 nitrogen and oxygen atoms in total. The number of Topliss-reactive ketones (excluding diaryl/α,β-unsaturated/α-hetero) is 1. The van der Waals surface area contributed by atoms with Crippen LogP contribution in [0.1, 0.15) is 77.6 Å². The van der Waals surface area contributed by atoms with Crippen LogP contribution in [0.2, 0.25) is 0 Å². The number of ether oxygens (including phenoxy) is 2. The molecule has 0 saturated carbocycles. The molecule has 1 unspecified atom stereocenters. The molecule has 1 atom stereocenters. The molecule has 1 aliphatic heterocycles. The Balaban J connectivity index is 2.19. The standard InChI is InChI=1S/C19H33NO5/c1-3-4-7-11-17(21)13-14-20-16(15-25-19(20)23)10-8-5-6-9-12-18(22)24-2/h16H,3-15H2,1-2H3. The molecule has 0 aromatic carbocycles. The fourth-order valence-electron chi connectivity index (χ4n) is 3.05. The van der Waals surface area contributed by atoms with Crippen LogP contribution < -0.4 is 0 Å². The molecule has 1 saturated heterocycles. The predicted molar refractivity (Wildman–Crippen MR) is 95.3 cm³/mol. The Morgan fingerprint density at radius 3 is 2.52 bits per heavy atom. The van der Waals surface area contributed by atoms with E-state index in [1.165, 1.54) is 7.11 Å². The number of carbonyl (C=O) groups is 3. The van der Waals surface area contributed by atoms with Crippen LogP contribution in [0.3, 0.4) is 0 Å². The topological polar surface area (TPSA) is 72.9 Å². The molecule has 1 aliphatic rings. The molecular formula is C19H33NO5.